The molecular weight excluding hydrogens is 188 g/mol. The van der Waals surface area contributed by atoms with Crippen LogP contribution in [0.2, 0.25) is 0 Å². The lowest BCUT2D eigenvalue weighted by molar-refractivity contribution is -0.132. The van der Waals surface area contributed by atoms with Gasteiger partial charge in [-0.05, 0) is 12.2 Å². The number of carboxylic acid groups (broad SMARTS) is 1. The maximum atomic E-state index is 11.0. The van der Waals surface area contributed by atoms with E-state index < -0.39 is 5.97 Å². The topological polar surface area (TPSA) is 37.3 Å². The van der Waals surface area contributed by atoms with Gasteiger partial charge in [-0.1, -0.05) is 5.73 Å². The number of hydrogen-bond acceptors (Lipinski definition) is 1. The smallest absolute Gasteiger partial charge is 0.354 e. The lowest BCUT2D eigenvalue weighted by atomic mass is 9.93. The molecule has 0 atom stereocenters. The van der Waals surface area contributed by atoms with E-state index in [1.54, 1.807) is 12.2 Å². The van der Waals surface area contributed by atoms with Gasteiger partial charge in [0.25, 0.3) is 0 Å². The number of hydrogen-bond donors (Lipinski definition) is 1. The van der Waals surface area contributed by atoms with E-state index in [1.165, 1.54) is 0 Å². The van der Waals surface area contributed by atoms with Crippen LogP contribution < -0.4 is 0 Å². The zero-order chi connectivity index (χ0) is 10.7. The van der Waals surface area contributed by atoms with Crippen LogP contribution in [0.4, 0.5) is 0 Å². The Balaban J connectivity index is 2.42. The summed E-state index contributed by atoms with van der Waals surface area (Å²) in [5.41, 5.74) is 4.48. The summed E-state index contributed by atoms with van der Waals surface area (Å²) in [5, 5.41) is 9.00. The van der Waals surface area contributed by atoms with Gasteiger partial charge in [0.05, 0.1) is 11.6 Å². The number of allylic oxidation sites excluding steroid dienone is 7. The van der Waals surface area contributed by atoms with Gasteiger partial charge in [0, 0.05) is 30.7 Å². The van der Waals surface area contributed by atoms with Gasteiger partial charge >= 0.3 is 5.97 Å². The van der Waals surface area contributed by atoms with Crippen molar-refractivity contribution in [3.05, 3.63) is 65.0 Å². The third-order valence-electron chi connectivity index (χ3n) is 2.17. The normalized spacial score (nSPS) is 17.7. The summed E-state index contributed by atoms with van der Waals surface area (Å²) in [5.74, 6) is -0.950. The summed E-state index contributed by atoms with van der Waals surface area (Å²) >= 11 is 0. The van der Waals surface area contributed by atoms with Crippen molar-refractivity contribution in [2.75, 3.05) is 0 Å². The fourth-order valence-corrected chi connectivity index (χ4v) is 1.50. The SMILES string of the molecule is O=C(O)C1=C=CCC=C1C1=CC=CC=[C+]1. The third kappa shape index (κ3) is 1.87. The molecule has 2 nitrogen and oxygen atoms in total. The minimum atomic E-state index is -0.950. The van der Waals surface area contributed by atoms with Crippen molar-refractivity contribution in [3.8, 4) is 0 Å². The van der Waals surface area contributed by atoms with Gasteiger partial charge in [-0.2, -0.15) is 0 Å². The highest BCUT2D eigenvalue weighted by molar-refractivity contribution is 5.94. The van der Waals surface area contributed by atoms with Crippen molar-refractivity contribution in [1.29, 1.82) is 0 Å². The van der Waals surface area contributed by atoms with Crippen LogP contribution >= 0.6 is 0 Å². The maximum Gasteiger partial charge on any atom is 0.354 e. The molecule has 0 saturated carbocycles. The molecular formula is C13H9O2+. The summed E-state index contributed by atoms with van der Waals surface area (Å²) in [6, 6.07) is 0. The van der Waals surface area contributed by atoms with Crippen molar-refractivity contribution < 1.29 is 9.90 Å². The van der Waals surface area contributed by atoms with Gasteiger partial charge in [-0.3, -0.25) is 0 Å². The molecule has 0 aromatic carbocycles. The first kappa shape index (κ1) is 9.42. The third-order valence-corrected chi connectivity index (χ3v) is 2.17. The van der Waals surface area contributed by atoms with Crippen LogP contribution in [0.1, 0.15) is 6.42 Å². The molecule has 0 aliphatic heterocycles. The highest BCUT2D eigenvalue weighted by Gasteiger charge is 2.23. The van der Waals surface area contributed by atoms with Crippen molar-refractivity contribution in [2.45, 2.75) is 6.42 Å². The van der Waals surface area contributed by atoms with Crippen molar-refractivity contribution >= 4 is 5.97 Å². The molecule has 2 aliphatic rings. The van der Waals surface area contributed by atoms with Gasteiger partial charge < -0.3 is 5.11 Å². The quantitative estimate of drug-likeness (QED) is 0.545. The molecule has 1 N–H and O–H groups in total. The van der Waals surface area contributed by atoms with Gasteiger partial charge in [-0.25, -0.2) is 4.79 Å². The number of carbonyl (C=O) groups is 1. The largest absolute Gasteiger partial charge is 0.477 e. The monoisotopic (exact) mass is 197 g/mol. The highest BCUT2D eigenvalue weighted by atomic mass is 16.4. The van der Waals surface area contributed by atoms with Crippen LogP contribution in [0, 0.1) is 6.08 Å². The van der Waals surface area contributed by atoms with Crippen LogP contribution in [0.3, 0.4) is 0 Å². The van der Waals surface area contributed by atoms with E-state index in [-0.39, 0.29) is 5.57 Å². The molecule has 0 aromatic rings. The maximum absolute atomic E-state index is 11.0. The predicted octanol–water partition coefficient (Wildman–Crippen LogP) is 2.34. The summed E-state index contributed by atoms with van der Waals surface area (Å²) in [6.45, 7) is 0. The Morgan fingerprint density at radius 1 is 1.47 bits per heavy atom. The van der Waals surface area contributed by atoms with Crippen molar-refractivity contribution in [2.24, 2.45) is 0 Å². The van der Waals surface area contributed by atoms with E-state index >= 15 is 0 Å². The molecule has 2 aliphatic carbocycles. The van der Waals surface area contributed by atoms with Crippen LogP contribution in [0.15, 0.2) is 58.9 Å². The Morgan fingerprint density at radius 2 is 2.33 bits per heavy atom. The molecule has 0 bridgehead atoms. The van der Waals surface area contributed by atoms with E-state index in [1.807, 2.05) is 24.3 Å². The molecule has 0 amide bonds. The second-order valence-electron chi connectivity index (χ2n) is 3.16. The van der Waals surface area contributed by atoms with Crippen LogP contribution in [-0.2, 0) is 4.79 Å². The minimum Gasteiger partial charge on any atom is -0.477 e. The summed E-state index contributed by atoms with van der Waals surface area (Å²) < 4.78 is 0. The first-order valence-electron chi connectivity index (χ1n) is 4.65. The average Bonchev–Trinajstić information content (AvgIpc) is 2.30. The Morgan fingerprint density at radius 3 is 3.00 bits per heavy atom. The van der Waals surface area contributed by atoms with E-state index in [0.29, 0.717) is 5.57 Å². The minimum absolute atomic E-state index is 0.212. The standard InChI is InChI=1S/C13H8O2/c14-13(15)12-9-5-4-8-11(12)10-6-2-1-3-7-10/h1-3,5-6,8H,4H2/p+1. The lowest BCUT2D eigenvalue weighted by Crippen LogP contribution is -2.06. The predicted molar refractivity (Wildman–Crippen MR) is 57.0 cm³/mol. The highest BCUT2D eigenvalue weighted by Crippen LogP contribution is 2.24. The lowest BCUT2D eigenvalue weighted by Gasteiger charge is -2.03. The summed E-state index contributed by atoms with van der Waals surface area (Å²) in [7, 11) is 0. The Bertz CT molecular complexity index is 479. The van der Waals surface area contributed by atoms with Gasteiger partial charge in [0.1, 0.15) is 0 Å². The summed E-state index contributed by atoms with van der Waals surface area (Å²) in [4.78, 5) is 11.0. The first-order valence-corrected chi connectivity index (χ1v) is 4.65. The number of aliphatic carboxylic acids is 1. The van der Waals surface area contributed by atoms with Gasteiger partial charge in [0.15, 0.2) is 11.1 Å². The molecule has 0 spiro atoms. The average molecular weight is 197 g/mol. The number of rotatable bonds is 2. The van der Waals surface area contributed by atoms with Crippen molar-refractivity contribution in [3.63, 3.8) is 0 Å². The zero-order valence-corrected chi connectivity index (χ0v) is 8.03. The Kier molecular flexibility index (Phi) is 2.47. The number of carboxylic acids is 1. The van der Waals surface area contributed by atoms with E-state index in [4.69, 9.17) is 5.11 Å². The molecule has 0 aromatic heterocycles. The second kappa shape index (κ2) is 3.93. The molecule has 0 fully saturated rings. The first-order chi connectivity index (χ1) is 7.29. The van der Waals surface area contributed by atoms with E-state index in [0.717, 1.165) is 12.0 Å². The van der Waals surface area contributed by atoms with Crippen LogP contribution in [0.25, 0.3) is 0 Å². The second-order valence-corrected chi connectivity index (χ2v) is 3.16. The molecule has 0 heterocycles. The van der Waals surface area contributed by atoms with Gasteiger partial charge in [-0.15, -0.1) is 0 Å². The molecule has 15 heavy (non-hydrogen) atoms. The molecule has 2 heteroatoms. The summed E-state index contributed by atoms with van der Waals surface area (Å²) in [6.07, 6.45) is 14.7. The molecule has 0 unspecified atom stereocenters. The fraction of sp³-hybridized carbons (Fsp3) is 0.0769. The van der Waals surface area contributed by atoms with E-state index in [2.05, 4.69) is 11.8 Å². The molecule has 0 radical (unpaired) electrons. The Labute approximate surface area is 87.9 Å². The molecule has 2 rings (SSSR count). The molecule has 72 valence electrons. The molecule has 0 saturated heterocycles. The van der Waals surface area contributed by atoms with Crippen LogP contribution in [0.5, 0.6) is 0 Å². The zero-order valence-electron chi connectivity index (χ0n) is 8.03. The van der Waals surface area contributed by atoms with Gasteiger partial charge in [0.2, 0.25) is 0 Å². The van der Waals surface area contributed by atoms with Crippen molar-refractivity contribution in [1.82, 2.24) is 0 Å². The van der Waals surface area contributed by atoms with Crippen LogP contribution in [-0.4, -0.2) is 11.1 Å². The Hall–Kier alpha value is -2.14. The van der Waals surface area contributed by atoms with E-state index in [9.17, 15) is 4.79 Å². The fourth-order valence-electron chi connectivity index (χ4n) is 1.50.